The van der Waals surface area contributed by atoms with E-state index in [9.17, 15) is 0 Å². The molecule has 0 amide bonds. The molecule has 0 atom stereocenters. The van der Waals surface area contributed by atoms with E-state index in [2.05, 4.69) is 47.7 Å². The summed E-state index contributed by atoms with van der Waals surface area (Å²) in [6.45, 7) is 7.67. The molecule has 3 rings (SSSR count). The first kappa shape index (κ1) is 18.3. The van der Waals surface area contributed by atoms with Crippen molar-refractivity contribution < 1.29 is 4.74 Å². The highest BCUT2D eigenvalue weighted by Crippen LogP contribution is 2.23. The van der Waals surface area contributed by atoms with Gasteiger partial charge in [-0.15, -0.1) is 0 Å². The number of anilines is 1. The average Bonchev–Trinajstić information content (AvgIpc) is 2.92. The van der Waals surface area contributed by atoms with Crippen molar-refractivity contribution in [2.45, 2.75) is 27.2 Å². The number of rotatable bonds is 6. The second-order valence-electron chi connectivity index (χ2n) is 6.37. The van der Waals surface area contributed by atoms with E-state index < -0.39 is 0 Å². The summed E-state index contributed by atoms with van der Waals surface area (Å²) < 4.78 is 5.45. The average molecular weight is 368 g/mol. The normalized spacial score (nSPS) is 10.7. The number of aryl methyl sites for hydroxylation is 2. The van der Waals surface area contributed by atoms with Crippen LogP contribution in [-0.2, 0) is 6.42 Å². The zero-order valence-corrected chi connectivity index (χ0v) is 16.3. The number of fused-ring (bicyclic) bond motifs is 1. The number of hydrogen-bond donors (Lipinski definition) is 3. The van der Waals surface area contributed by atoms with Crippen molar-refractivity contribution in [1.82, 2.24) is 10.3 Å². The Morgan fingerprint density at radius 1 is 1.12 bits per heavy atom. The number of thiocarbonyl (C=S) groups is 1. The molecule has 1 aromatic heterocycles. The van der Waals surface area contributed by atoms with E-state index in [1.807, 2.05) is 31.2 Å². The van der Waals surface area contributed by atoms with Crippen molar-refractivity contribution in [2.24, 2.45) is 0 Å². The Labute approximate surface area is 160 Å². The van der Waals surface area contributed by atoms with Crippen LogP contribution in [0.4, 0.5) is 5.69 Å². The van der Waals surface area contributed by atoms with Gasteiger partial charge in [0.1, 0.15) is 5.75 Å². The molecule has 0 bridgehead atoms. The van der Waals surface area contributed by atoms with Crippen LogP contribution < -0.4 is 15.4 Å². The number of benzene rings is 2. The Bertz CT molecular complexity index is 900. The van der Waals surface area contributed by atoms with Gasteiger partial charge in [0.15, 0.2) is 5.11 Å². The lowest BCUT2D eigenvalue weighted by molar-refractivity contribution is 0.340. The van der Waals surface area contributed by atoms with Crippen molar-refractivity contribution >= 4 is 33.9 Å². The first-order valence-corrected chi connectivity index (χ1v) is 9.33. The highest BCUT2D eigenvalue weighted by Gasteiger charge is 2.08. The molecule has 0 spiro atoms. The summed E-state index contributed by atoms with van der Waals surface area (Å²) in [5, 5.41) is 8.43. The summed E-state index contributed by atoms with van der Waals surface area (Å²) in [6, 6.07) is 14.3. The molecule has 0 aliphatic heterocycles. The quantitative estimate of drug-likeness (QED) is 0.552. The zero-order valence-electron chi connectivity index (χ0n) is 15.5. The number of H-pyrrole nitrogens is 1. The van der Waals surface area contributed by atoms with Crippen molar-refractivity contribution in [3.8, 4) is 5.75 Å². The van der Waals surface area contributed by atoms with Gasteiger partial charge in [-0.3, -0.25) is 0 Å². The summed E-state index contributed by atoms with van der Waals surface area (Å²) in [6.07, 6.45) is 0.917. The molecule has 4 nitrogen and oxygen atoms in total. The van der Waals surface area contributed by atoms with E-state index in [1.165, 1.54) is 27.7 Å². The lowest BCUT2D eigenvalue weighted by atomic mass is 10.1. The minimum absolute atomic E-state index is 0.628. The minimum atomic E-state index is 0.628. The van der Waals surface area contributed by atoms with Gasteiger partial charge in [-0.25, -0.2) is 0 Å². The van der Waals surface area contributed by atoms with Gasteiger partial charge < -0.3 is 20.4 Å². The van der Waals surface area contributed by atoms with E-state index in [4.69, 9.17) is 17.0 Å². The second-order valence-corrected chi connectivity index (χ2v) is 6.77. The van der Waals surface area contributed by atoms with Gasteiger partial charge in [-0.05, 0) is 81.4 Å². The monoisotopic (exact) mass is 367 g/mol. The Morgan fingerprint density at radius 3 is 2.62 bits per heavy atom. The molecule has 0 saturated heterocycles. The fourth-order valence-corrected chi connectivity index (χ4v) is 3.32. The minimum Gasteiger partial charge on any atom is -0.494 e. The van der Waals surface area contributed by atoms with Crippen LogP contribution in [0.25, 0.3) is 10.9 Å². The standard InChI is InChI=1S/C21H25N3OS/c1-4-25-17-8-6-16(7-9-17)24-21(26)22-12-11-18-15(3)23-20-10-5-14(2)13-19(18)20/h5-10,13,23H,4,11-12H2,1-3H3,(H2,22,24,26). The van der Waals surface area contributed by atoms with E-state index in [0.29, 0.717) is 11.7 Å². The molecule has 0 radical (unpaired) electrons. The molecule has 0 saturated carbocycles. The van der Waals surface area contributed by atoms with Crippen LogP contribution in [0.15, 0.2) is 42.5 Å². The van der Waals surface area contributed by atoms with Crippen molar-refractivity contribution in [3.63, 3.8) is 0 Å². The van der Waals surface area contributed by atoms with Gasteiger partial charge in [0.2, 0.25) is 0 Å². The van der Waals surface area contributed by atoms with Gasteiger partial charge in [0, 0.05) is 28.8 Å². The topological polar surface area (TPSA) is 49.1 Å². The predicted molar refractivity (Wildman–Crippen MR) is 113 cm³/mol. The summed E-state index contributed by atoms with van der Waals surface area (Å²) >= 11 is 5.40. The number of aromatic nitrogens is 1. The number of aromatic amines is 1. The van der Waals surface area contributed by atoms with Crippen molar-refractivity contribution in [2.75, 3.05) is 18.5 Å². The molecular weight excluding hydrogens is 342 g/mol. The Morgan fingerprint density at radius 2 is 1.88 bits per heavy atom. The van der Waals surface area contributed by atoms with Gasteiger partial charge in [0.25, 0.3) is 0 Å². The van der Waals surface area contributed by atoms with E-state index >= 15 is 0 Å². The SMILES string of the molecule is CCOc1ccc(NC(=S)NCCc2c(C)[nH]c3ccc(C)cc23)cc1. The number of nitrogens with one attached hydrogen (secondary N) is 3. The van der Waals surface area contributed by atoms with Crippen LogP contribution in [0.5, 0.6) is 5.75 Å². The van der Waals surface area contributed by atoms with Crippen molar-refractivity contribution in [1.29, 1.82) is 0 Å². The molecule has 0 aliphatic carbocycles. The maximum Gasteiger partial charge on any atom is 0.170 e. The van der Waals surface area contributed by atoms with E-state index in [-0.39, 0.29) is 0 Å². The molecule has 2 aromatic carbocycles. The predicted octanol–water partition coefficient (Wildman–Crippen LogP) is 4.71. The maximum absolute atomic E-state index is 5.45. The third kappa shape index (κ3) is 4.35. The lowest BCUT2D eigenvalue weighted by Gasteiger charge is -2.11. The molecule has 3 aromatic rings. The van der Waals surface area contributed by atoms with Gasteiger partial charge in [-0.2, -0.15) is 0 Å². The highest BCUT2D eigenvalue weighted by molar-refractivity contribution is 7.80. The van der Waals surface area contributed by atoms with Gasteiger partial charge >= 0.3 is 0 Å². The molecule has 0 unspecified atom stereocenters. The van der Waals surface area contributed by atoms with Crippen molar-refractivity contribution in [3.05, 3.63) is 59.3 Å². The van der Waals surface area contributed by atoms with E-state index in [0.717, 1.165) is 24.4 Å². The summed E-state index contributed by atoms with van der Waals surface area (Å²) in [5.41, 5.74) is 5.99. The molecular formula is C21H25N3OS. The van der Waals surface area contributed by atoms with Gasteiger partial charge in [0.05, 0.1) is 6.61 Å². The van der Waals surface area contributed by atoms with Crippen LogP contribution in [-0.4, -0.2) is 23.2 Å². The molecule has 0 fully saturated rings. The Balaban J connectivity index is 1.55. The fourth-order valence-electron chi connectivity index (χ4n) is 3.10. The molecule has 26 heavy (non-hydrogen) atoms. The molecule has 3 N–H and O–H groups in total. The number of ether oxygens (including phenoxy) is 1. The fraction of sp³-hybridized carbons (Fsp3) is 0.286. The summed E-state index contributed by atoms with van der Waals surface area (Å²) in [7, 11) is 0. The van der Waals surface area contributed by atoms with Crippen LogP contribution in [0.3, 0.4) is 0 Å². The highest BCUT2D eigenvalue weighted by atomic mass is 32.1. The Hall–Kier alpha value is -2.53. The maximum atomic E-state index is 5.45. The number of hydrogen-bond acceptors (Lipinski definition) is 2. The second kappa shape index (κ2) is 8.23. The summed E-state index contributed by atoms with van der Waals surface area (Å²) in [5.74, 6) is 0.863. The third-order valence-electron chi connectivity index (χ3n) is 4.36. The van der Waals surface area contributed by atoms with Crippen LogP contribution >= 0.6 is 12.2 Å². The smallest absolute Gasteiger partial charge is 0.170 e. The Kier molecular flexibility index (Phi) is 5.78. The summed E-state index contributed by atoms with van der Waals surface area (Å²) in [4.78, 5) is 3.46. The molecule has 1 heterocycles. The van der Waals surface area contributed by atoms with E-state index in [1.54, 1.807) is 0 Å². The molecule has 5 heteroatoms. The zero-order chi connectivity index (χ0) is 18.5. The molecule has 136 valence electrons. The first-order chi connectivity index (χ1) is 12.6. The first-order valence-electron chi connectivity index (χ1n) is 8.92. The largest absolute Gasteiger partial charge is 0.494 e. The van der Waals surface area contributed by atoms with Crippen LogP contribution in [0, 0.1) is 13.8 Å². The van der Waals surface area contributed by atoms with Gasteiger partial charge in [-0.1, -0.05) is 11.6 Å². The third-order valence-corrected chi connectivity index (χ3v) is 4.61. The van der Waals surface area contributed by atoms with Crippen LogP contribution in [0.2, 0.25) is 0 Å². The van der Waals surface area contributed by atoms with Crippen LogP contribution in [0.1, 0.15) is 23.7 Å². The lowest BCUT2D eigenvalue weighted by Crippen LogP contribution is -2.30. The molecule has 0 aliphatic rings.